The highest BCUT2D eigenvalue weighted by atomic mass is 14.9. The van der Waals surface area contributed by atoms with Crippen molar-refractivity contribution < 1.29 is 0 Å². The van der Waals surface area contributed by atoms with Crippen LogP contribution in [-0.2, 0) is 0 Å². The molecular weight excluding hydrogens is 158 g/mol. The normalized spacial score (nSPS) is 12.2. The molecule has 0 rings (SSSR count). The van der Waals surface area contributed by atoms with Gasteiger partial charge in [-0.05, 0) is 17.8 Å². The molecule has 0 spiro atoms. The van der Waals surface area contributed by atoms with Gasteiger partial charge in [0.1, 0.15) is 0 Å². The van der Waals surface area contributed by atoms with Gasteiger partial charge in [-0.2, -0.15) is 0 Å². The maximum absolute atomic E-state index is 3.98. The summed E-state index contributed by atoms with van der Waals surface area (Å²) in [5.74, 6) is 0.717. The van der Waals surface area contributed by atoms with E-state index in [1.165, 1.54) is 5.57 Å². The van der Waals surface area contributed by atoms with Gasteiger partial charge in [0, 0.05) is 13.1 Å². The van der Waals surface area contributed by atoms with Gasteiger partial charge in [0.15, 0.2) is 0 Å². The summed E-state index contributed by atoms with van der Waals surface area (Å²) in [5.41, 5.74) is 1.67. The summed E-state index contributed by atoms with van der Waals surface area (Å²) in [6, 6.07) is 0. The first-order chi connectivity index (χ1) is 5.90. The summed E-state index contributed by atoms with van der Waals surface area (Å²) >= 11 is 0. The Morgan fingerprint density at radius 3 is 2.31 bits per heavy atom. The molecule has 13 heavy (non-hydrogen) atoms. The zero-order valence-electron chi connectivity index (χ0n) is 9.91. The quantitative estimate of drug-likeness (QED) is 0.623. The molecule has 0 aliphatic heterocycles. The third-order valence-corrected chi connectivity index (χ3v) is 3.02. The lowest BCUT2D eigenvalue weighted by Crippen LogP contribution is -2.34. The zero-order chi connectivity index (χ0) is 10.5. The van der Waals surface area contributed by atoms with E-state index in [4.69, 9.17) is 0 Å². The third kappa shape index (κ3) is 5.09. The minimum atomic E-state index is 0.383. The monoisotopic (exact) mass is 183 g/mol. The smallest absolute Gasteiger partial charge is 0.0162 e. The summed E-state index contributed by atoms with van der Waals surface area (Å²) in [6.07, 6.45) is 1.08. The van der Waals surface area contributed by atoms with Crippen molar-refractivity contribution in [1.29, 1.82) is 0 Å². The molecule has 0 fully saturated rings. The van der Waals surface area contributed by atoms with E-state index in [9.17, 15) is 0 Å². The first-order valence-corrected chi connectivity index (χ1v) is 5.27. The van der Waals surface area contributed by atoms with Crippen molar-refractivity contribution >= 4 is 0 Å². The van der Waals surface area contributed by atoms with Crippen LogP contribution in [0.25, 0.3) is 0 Å². The second-order valence-corrected chi connectivity index (χ2v) is 4.85. The van der Waals surface area contributed by atoms with Crippen molar-refractivity contribution in [3.05, 3.63) is 12.2 Å². The van der Waals surface area contributed by atoms with E-state index in [0.717, 1.165) is 25.4 Å². The fourth-order valence-electron chi connectivity index (χ4n) is 0.891. The number of rotatable bonds is 6. The Bertz CT molecular complexity index is 157. The van der Waals surface area contributed by atoms with E-state index in [1.54, 1.807) is 0 Å². The second-order valence-electron chi connectivity index (χ2n) is 4.85. The van der Waals surface area contributed by atoms with Gasteiger partial charge in [0.05, 0.1) is 0 Å². The van der Waals surface area contributed by atoms with Gasteiger partial charge in [-0.3, -0.25) is 0 Å². The molecule has 0 bridgehead atoms. The molecule has 0 atom stereocenters. The minimum absolute atomic E-state index is 0.383. The second kappa shape index (κ2) is 5.43. The van der Waals surface area contributed by atoms with Crippen molar-refractivity contribution in [2.24, 2.45) is 11.3 Å². The molecule has 0 aromatic rings. The molecule has 0 unspecified atom stereocenters. The first-order valence-electron chi connectivity index (χ1n) is 5.27. The largest absolute Gasteiger partial charge is 0.312 e. The molecule has 0 saturated carbocycles. The summed E-state index contributed by atoms with van der Waals surface area (Å²) in [6.45, 7) is 17.3. The van der Waals surface area contributed by atoms with Gasteiger partial charge in [-0.15, -0.1) is 0 Å². The Hall–Kier alpha value is -0.300. The molecular formula is C12H25N. The topological polar surface area (TPSA) is 12.0 Å². The summed E-state index contributed by atoms with van der Waals surface area (Å²) in [5, 5.41) is 3.46. The standard InChI is InChI=1S/C12H25N/c1-7-11(4)8-13-9-12(5,6)10(2)3/h10,13H,4,7-9H2,1-3,5-6H3. The average molecular weight is 183 g/mol. The molecule has 0 aromatic heterocycles. The average Bonchev–Trinajstić information content (AvgIpc) is 2.03. The summed E-state index contributed by atoms with van der Waals surface area (Å²) in [7, 11) is 0. The van der Waals surface area contributed by atoms with Gasteiger partial charge < -0.3 is 5.32 Å². The maximum Gasteiger partial charge on any atom is 0.0162 e. The Labute approximate surface area is 83.6 Å². The minimum Gasteiger partial charge on any atom is -0.312 e. The lowest BCUT2D eigenvalue weighted by atomic mass is 9.81. The van der Waals surface area contributed by atoms with Crippen LogP contribution in [0.3, 0.4) is 0 Å². The van der Waals surface area contributed by atoms with Crippen molar-refractivity contribution in [2.45, 2.75) is 41.0 Å². The lowest BCUT2D eigenvalue weighted by Gasteiger charge is -2.29. The van der Waals surface area contributed by atoms with Crippen LogP contribution in [0.5, 0.6) is 0 Å². The van der Waals surface area contributed by atoms with E-state index in [2.05, 4.69) is 46.5 Å². The predicted octanol–water partition coefficient (Wildman–Crippen LogP) is 3.22. The van der Waals surface area contributed by atoms with Gasteiger partial charge >= 0.3 is 0 Å². The van der Waals surface area contributed by atoms with Gasteiger partial charge in [0.2, 0.25) is 0 Å². The van der Waals surface area contributed by atoms with E-state index in [1.807, 2.05) is 0 Å². The van der Waals surface area contributed by atoms with Crippen LogP contribution >= 0.6 is 0 Å². The zero-order valence-corrected chi connectivity index (χ0v) is 9.91. The lowest BCUT2D eigenvalue weighted by molar-refractivity contribution is 0.241. The van der Waals surface area contributed by atoms with E-state index < -0.39 is 0 Å². The summed E-state index contributed by atoms with van der Waals surface area (Å²) < 4.78 is 0. The van der Waals surface area contributed by atoms with Crippen LogP contribution in [0, 0.1) is 11.3 Å². The Kier molecular flexibility index (Phi) is 5.31. The molecule has 0 heterocycles. The molecule has 0 aliphatic carbocycles. The highest BCUT2D eigenvalue weighted by Gasteiger charge is 2.21. The predicted molar refractivity (Wildman–Crippen MR) is 60.9 cm³/mol. The van der Waals surface area contributed by atoms with Crippen LogP contribution in [0.1, 0.15) is 41.0 Å². The van der Waals surface area contributed by atoms with Crippen LogP contribution in [-0.4, -0.2) is 13.1 Å². The molecule has 0 aromatic carbocycles. The third-order valence-electron chi connectivity index (χ3n) is 3.02. The molecule has 0 aliphatic rings. The number of hydrogen-bond acceptors (Lipinski definition) is 1. The fraction of sp³-hybridized carbons (Fsp3) is 0.833. The van der Waals surface area contributed by atoms with E-state index >= 15 is 0 Å². The molecule has 1 heteroatoms. The van der Waals surface area contributed by atoms with Crippen LogP contribution in [0.4, 0.5) is 0 Å². The Morgan fingerprint density at radius 2 is 1.92 bits per heavy atom. The Morgan fingerprint density at radius 1 is 1.38 bits per heavy atom. The van der Waals surface area contributed by atoms with Crippen molar-refractivity contribution in [2.75, 3.05) is 13.1 Å². The van der Waals surface area contributed by atoms with Gasteiger partial charge in [-0.1, -0.05) is 46.8 Å². The van der Waals surface area contributed by atoms with Crippen molar-refractivity contribution in [1.82, 2.24) is 5.32 Å². The van der Waals surface area contributed by atoms with Crippen molar-refractivity contribution in [3.63, 3.8) is 0 Å². The highest BCUT2D eigenvalue weighted by molar-refractivity contribution is 4.95. The highest BCUT2D eigenvalue weighted by Crippen LogP contribution is 2.24. The number of hydrogen-bond donors (Lipinski definition) is 1. The maximum atomic E-state index is 3.98. The summed E-state index contributed by atoms with van der Waals surface area (Å²) in [4.78, 5) is 0. The fourth-order valence-corrected chi connectivity index (χ4v) is 0.891. The van der Waals surface area contributed by atoms with E-state index in [-0.39, 0.29) is 0 Å². The van der Waals surface area contributed by atoms with E-state index in [0.29, 0.717) is 5.41 Å². The van der Waals surface area contributed by atoms with Gasteiger partial charge in [-0.25, -0.2) is 0 Å². The van der Waals surface area contributed by atoms with Crippen LogP contribution in [0.15, 0.2) is 12.2 Å². The molecule has 1 nitrogen and oxygen atoms in total. The molecule has 78 valence electrons. The first kappa shape index (κ1) is 12.7. The molecule has 0 saturated heterocycles. The van der Waals surface area contributed by atoms with Crippen molar-refractivity contribution in [3.8, 4) is 0 Å². The molecule has 0 radical (unpaired) electrons. The Balaban J connectivity index is 3.70. The SMILES string of the molecule is C=C(CC)CNCC(C)(C)C(C)C. The molecule has 0 amide bonds. The number of nitrogens with one attached hydrogen (secondary N) is 1. The van der Waals surface area contributed by atoms with Crippen LogP contribution < -0.4 is 5.32 Å². The van der Waals surface area contributed by atoms with Gasteiger partial charge in [0.25, 0.3) is 0 Å². The molecule has 1 N–H and O–H groups in total. The van der Waals surface area contributed by atoms with Crippen LogP contribution in [0.2, 0.25) is 0 Å².